The predicted molar refractivity (Wildman–Crippen MR) is 83.5 cm³/mol. The summed E-state index contributed by atoms with van der Waals surface area (Å²) in [6.45, 7) is 3.57. The van der Waals surface area contributed by atoms with Crippen LogP contribution in [0.25, 0.3) is 0 Å². The number of amides is 1. The summed E-state index contributed by atoms with van der Waals surface area (Å²) < 4.78 is 13.7. The van der Waals surface area contributed by atoms with E-state index in [0.29, 0.717) is 24.0 Å². The van der Waals surface area contributed by atoms with Crippen LogP contribution in [0.1, 0.15) is 43.7 Å². The minimum Gasteiger partial charge on any atom is -0.481 e. The van der Waals surface area contributed by atoms with Gasteiger partial charge in [0.25, 0.3) is 0 Å². The summed E-state index contributed by atoms with van der Waals surface area (Å²) in [7, 11) is 0. The fraction of sp³-hybridized carbons (Fsp3) is 0.556. The summed E-state index contributed by atoms with van der Waals surface area (Å²) in [6.07, 6.45) is 2.82. The second kappa shape index (κ2) is 5.62. The van der Waals surface area contributed by atoms with E-state index in [2.05, 4.69) is 0 Å². The molecule has 0 radical (unpaired) electrons. The number of carbonyl (C=O) groups is 2. The van der Waals surface area contributed by atoms with Crippen molar-refractivity contribution in [3.05, 3.63) is 35.1 Å². The maximum absolute atomic E-state index is 13.7. The lowest BCUT2D eigenvalue weighted by molar-refractivity contribution is -0.151. The van der Waals surface area contributed by atoms with E-state index in [4.69, 9.17) is 0 Å². The Bertz CT molecular complexity index is 660. The maximum Gasteiger partial charge on any atom is 0.311 e. The van der Waals surface area contributed by atoms with E-state index < -0.39 is 11.4 Å². The highest BCUT2D eigenvalue weighted by Crippen LogP contribution is 2.52. The summed E-state index contributed by atoms with van der Waals surface area (Å²) >= 11 is 0. The molecule has 0 spiro atoms. The number of rotatable bonds is 4. The van der Waals surface area contributed by atoms with Crippen molar-refractivity contribution in [1.82, 2.24) is 4.90 Å². The minimum absolute atomic E-state index is 0.0128. The highest BCUT2D eigenvalue weighted by molar-refractivity contribution is 5.84. The van der Waals surface area contributed by atoms with Crippen molar-refractivity contribution in [3.63, 3.8) is 0 Å². The molecule has 23 heavy (non-hydrogen) atoms. The van der Waals surface area contributed by atoms with Crippen molar-refractivity contribution in [2.75, 3.05) is 0 Å². The molecule has 5 heteroatoms. The van der Waals surface area contributed by atoms with Crippen LogP contribution in [0.5, 0.6) is 0 Å². The van der Waals surface area contributed by atoms with Crippen LogP contribution in [-0.2, 0) is 16.0 Å². The fourth-order valence-electron chi connectivity index (χ4n) is 4.33. The standard InChI is InChI=1S/C18H22FNO3/c1-3-18(17(22)23)10-13-6-7-15(18)20(13)16(21)9-12-5-4-11(2)14(19)8-12/h4-5,8,13,15H,3,6-7,9-10H2,1-2H3,(H,22,23)/t13-,15+,18+/m0/s1. The van der Waals surface area contributed by atoms with Gasteiger partial charge in [-0.05, 0) is 49.8 Å². The van der Waals surface area contributed by atoms with Gasteiger partial charge in [-0.3, -0.25) is 9.59 Å². The molecule has 2 aliphatic rings. The second-order valence-corrected chi connectivity index (χ2v) is 6.83. The number of nitrogens with zero attached hydrogens (tertiary/aromatic N) is 1. The first kappa shape index (κ1) is 16.0. The van der Waals surface area contributed by atoms with E-state index in [1.807, 2.05) is 6.92 Å². The zero-order valence-electron chi connectivity index (χ0n) is 13.5. The van der Waals surface area contributed by atoms with E-state index in [9.17, 15) is 19.1 Å². The lowest BCUT2D eigenvalue weighted by Crippen LogP contribution is -2.45. The van der Waals surface area contributed by atoms with Gasteiger partial charge in [0.05, 0.1) is 11.8 Å². The van der Waals surface area contributed by atoms with Gasteiger partial charge in [-0.2, -0.15) is 0 Å². The number of benzene rings is 1. The highest BCUT2D eigenvalue weighted by Gasteiger charge is 2.60. The van der Waals surface area contributed by atoms with Crippen LogP contribution in [0.4, 0.5) is 4.39 Å². The molecule has 2 saturated heterocycles. The smallest absolute Gasteiger partial charge is 0.311 e. The first-order valence-corrected chi connectivity index (χ1v) is 8.18. The Hall–Kier alpha value is -1.91. The third-order valence-corrected chi connectivity index (χ3v) is 5.68. The number of carboxylic acid groups (broad SMARTS) is 1. The van der Waals surface area contributed by atoms with Gasteiger partial charge in [0, 0.05) is 12.1 Å². The molecule has 2 heterocycles. The van der Waals surface area contributed by atoms with Gasteiger partial charge < -0.3 is 10.0 Å². The molecule has 3 rings (SSSR count). The van der Waals surface area contributed by atoms with Gasteiger partial charge in [-0.15, -0.1) is 0 Å². The lowest BCUT2D eigenvalue weighted by Gasteiger charge is -2.32. The molecule has 2 aliphatic heterocycles. The average molecular weight is 319 g/mol. The molecular formula is C18H22FNO3. The second-order valence-electron chi connectivity index (χ2n) is 6.83. The van der Waals surface area contributed by atoms with Crippen molar-refractivity contribution in [2.24, 2.45) is 5.41 Å². The topological polar surface area (TPSA) is 57.6 Å². The number of carboxylic acids is 1. The van der Waals surface area contributed by atoms with Crippen LogP contribution in [0, 0.1) is 18.2 Å². The van der Waals surface area contributed by atoms with Gasteiger partial charge in [0.15, 0.2) is 0 Å². The molecule has 0 aliphatic carbocycles. The quantitative estimate of drug-likeness (QED) is 0.928. The molecule has 2 fully saturated rings. The Morgan fingerprint density at radius 1 is 1.39 bits per heavy atom. The maximum atomic E-state index is 13.7. The van der Waals surface area contributed by atoms with Gasteiger partial charge in [0.1, 0.15) is 5.82 Å². The number of hydrogen-bond donors (Lipinski definition) is 1. The Kier molecular flexibility index (Phi) is 3.90. The Morgan fingerprint density at radius 3 is 2.70 bits per heavy atom. The third-order valence-electron chi connectivity index (χ3n) is 5.68. The molecule has 3 atom stereocenters. The van der Waals surface area contributed by atoms with Crippen molar-refractivity contribution in [2.45, 2.75) is 58.0 Å². The minimum atomic E-state index is -0.808. The zero-order valence-corrected chi connectivity index (χ0v) is 13.5. The highest BCUT2D eigenvalue weighted by atomic mass is 19.1. The van der Waals surface area contributed by atoms with E-state index in [1.54, 1.807) is 24.0 Å². The molecule has 0 aromatic heterocycles. The van der Waals surface area contributed by atoms with Crippen LogP contribution < -0.4 is 0 Å². The largest absolute Gasteiger partial charge is 0.481 e. The van der Waals surface area contributed by atoms with Crippen LogP contribution >= 0.6 is 0 Å². The number of aryl methyl sites for hydroxylation is 1. The molecule has 1 aromatic rings. The Morgan fingerprint density at radius 2 is 2.13 bits per heavy atom. The van der Waals surface area contributed by atoms with Gasteiger partial charge in [0.2, 0.25) is 5.91 Å². The third kappa shape index (κ3) is 2.42. The predicted octanol–water partition coefficient (Wildman–Crippen LogP) is 2.92. The summed E-state index contributed by atoms with van der Waals surface area (Å²) in [5, 5.41) is 9.65. The van der Waals surface area contributed by atoms with Crippen LogP contribution in [0.3, 0.4) is 0 Å². The van der Waals surface area contributed by atoms with Crippen molar-refractivity contribution in [3.8, 4) is 0 Å². The van der Waals surface area contributed by atoms with E-state index in [0.717, 1.165) is 12.8 Å². The van der Waals surface area contributed by atoms with Gasteiger partial charge in [-0.1, -0.05) is 19.1 Å². The lowest BCUT2D eigenvalue weighted by atomic mass is 9.72. The molecule has 0 unspecified atom stereocenters. The summed E-state index contributed by atoms with van der Waals surface area (Å²) in [6, 6.07) is 4.62. The molecule has 0 saturated carbocycles. The van der Waals surface area contributed by atoms with Crippen LogP contribution in [0.15, 0.2) is 18.2 Å². The molecule has 1 aromatic carbocycles. The summed E-state index contributed by atoms with van der Waals surface area (Å²) in [5.41, 5.74) is 0.386. The monoisotopic (exact) mass is 319 g/mol. The number of carbonyl (C=O) groups excluding carboxylic acids is 1. The fourth-order valence-corrected chi connectivity index (χ4v) is 4.33. The number of fused-ring (bicyclic) bond motifs is 2. The first-order chi connectivity index (χ1) is 10.9. The molecule has 2 bridgehead atoms. The zero-order chi connectivity index (χ0) is 16.8. The van der Waals surface area contributed by atoms with Gasteiger partial charge >= 0.3 is 5.97 Å². The number of aliphatic carboxylic acids is 1. The molecule has 124 valence electrons. The van der Waals surface area contributed by atoms with E-state index in [1.165, 1.54) is 6.07 Å². The molecular weight excluding hydrogens is 297 g/mol. The van der Waals surface area contributed by atoms with E-state index in [-0.39, 0.29) is 30.2 Å². The average Bonchev–Trinajstić information content (AvgIpc) is 3.07. The number of hydrogen-bond acceptors (Lipinski definition) is 2. The van der Waals surface area contributed by atoms with Crippen molar-refractivity contribution in [1.29, 1.82) is 0 Å². The van der Waals surface area contributed by atoms with Crippen LogP contribution in [-0.4, -0.2) is 34.0 Å². The van der Waals surface area contributed by atoms with Gasteiger partial charge in [-0.25, -0.2) is 4.39 Å². The molecule has 1 amide bonds. The van der Waals surface area contributed by atoms with Crippen molar-refractivity contribution >= 4 is 11.9 Å². The Balaban J connectivity index is 1.81. The van der Waals surface area contributed by atoms with Crippen molar-refractivity contribution < 1.29 is 19.1 Å². The molecule has 1 N–H and O–H groups in total. The summed E-state index contributed by atoms with van der Waals surface area (Å²) in [4.78, 5) is 26.2. The Labute approximate surface area is 135 Å². The number of halogens is 1. The normalized spacial score (nSPS) is 29.1. The van der Waals surface area contributed by atoms with Crippen LogP contribution in [0.2, 0.25) is 0 Å². The van der Waals surface area contributed by atoms with E-state index >= 15 is 0 Å². The first-order valence-electron chi connectivity index (χ1n) is 8.18. The summed E-state index contributed by atoms with van der Waals surface area (Å²) in [5.74, 6) is -1.20. The molecule has 4 nitrogen and oxygen atoms in total. The SMILES string of the molecule is CC[C@@]1(C(=O)O)C[C@@H]2CC[C@H]1N2C(=O)Cc1ccc(C)c(F)c1.